The van der Waals surface area contributed by atoms with Crippen molar-refractivity contribution in [2.24, 2.45) is 0 Å². The minimum Gasteiger partial charge on any atom is -0.449 e. The lowest BCUT2D eigenvalue weighted by Gasteiger charge is -2.53. The first-order chi connectivity index (χ1) is 20.5. The second-order valence-electron chi connectivity index (χ2n) is 11.5. The Kier molecular flexibility index (Phi) is 8.64. The fourth-order valence-corrected chi connectivity index (χ4v) is 6.52. The predicted octanol–water partition coefficient (Wildman–Crippen LogP) is 4.86. The number of fused-ring (bicyclic) bond motifs is 1. The molecule has 0 saturated carbocycles. The third kappa shape index (κ3) is 6.17. The lowest BCUT2D eigenvalue weighted by Crippen LogP contribution is -2.75. The SMILES string of the molecule is CC(C)(C)OC(=O)NC1(C(=O)OC(c2ccccc2)c2ccccc2)C(C=C2CCN(CCF)C2=O)=CSC2CC(=O)N21. The van der Waals surface area contributed by atoms with Crippen molar-refractivity contribution in [2.75, 3.05) is 19.8 Å². The Morgan fingerprint density at radius 2 is 1.72 bits per heavy atom. The van der Waals surface area contributed by atoms with Crippen LogP contribution < -0.4 is 5.32 Å². The number of carbonyl (C=O) groups is 4. The molecular weight excluding hydrogens is 573 g/mol. The van der Waals surface area contributed by atoms with Gasteiger partial charge in [-0.15, -0.1) is 11.8 Å². The maximum Gasteiger partial charge on any atom is 0.410 e. The van der Waals surface area contributed by atoms with Crippen molar-refractivity contribution in [3.8, 4) is 0 Å². The van der Waals surface area contributed by atoms with Crippen molar-refractivity contribution in [1.82, 2.24) is 15.1 Å². The highest BCUT2D eigenvalue weighted by atomic mass is 32.2. The monoisotopic (exact) mass is 607 g/mol. The van der Waals surface area contributed by atoms with Crippen LogP contribution in [0.1, 0.15) is 50.8 Å². The summed E-state index contributed by atoms with van der Waals surface area (Å²) < 4.78 is 24.9. The van der Waals surface area contributed by atoms with Crippen LogP contribution in [0.3, 0.4) is 0 Å². The lowest BCUT2D eigenvalue weighted by atomic mass is 9.91. The Morgan fingerprint density at radius 3 is 2.28 bits per heavy atom. The minimum atomic E-state index is -2.13. The van der Waals surface area contributed by atoms with Crippen LogP contribution in [0.5, 0.6) is 0 Å². The van der Waals surface area contributed by atoms with Crippen molar-refractivity contribution >= 4 is 35.6 Å². The first-order valence-electron chi connectivity index (χ1n) is 14.1. The number of rotatable bonds is 8. The Morgan fingerprint density at radius 1 is 1.09 bits per heavy atom. The van der Waals surface area contributed by atoms with E-state index >= 15 is 0 Å². The molecule has 2 saturated heterocycles. The molecule has 2 aromatic rings. The number of hydrogen-bond donors (Lipinski definition) is 1. The van der Waals surface area contributed by atoms with E-state index in [9.17, 15) is 23.6 Å². The van der Waals surface area contributed by atoms with Gasteiger partial charge in [-0.3, -0.25) is 19.8 Å². The molecule has 2 unspecified atom stereocenters. The summed E-state index contributed by atoms with van der Waals surface area (Å²) in [5, 5.41) is 3.91. The van der Waals surface area contributed by atoms with Gasteiger partial charge in [0.15, 0.2) is 6.10 Å². The number of esters is 1. The summed E-state index contributed by atoms with van der Waals surface area (Å²) in [4.78, 5) is 57.0. The number of amides is 3. The Labute approximate surface area is 254 Å². The van der Waals surface area contributed by atoms with Gasteiger partial charge in [-0.05, 0) is 49.8 Å². The fourth-order valence-electron chi connectivity index (χ4n) is 5.35. The molecule has 0 aliphatic carbocycles. The summed E-state index contributed by atoms with van der Waals surface area (Å²) in [5.74, 6) is -1.66. The van der Waals surface area contributed by atoms with E-state index in [-0.39, 0.29) is 30.4 Å². The summed E-state index contributed by atoms with van der Waals surface area (Å²) in [6.45, 7) is 4.64. The van der Waals surface area contributed by atoms with Crippen molar-refractivity contribution in [3.05, 3.63) is 94.4 Å². The van der Waals surface area contributed by atoms with Crippen molar-refractivity contribution in [1.29, 1.82) is 0 Å². The van der Waals surface area contributed by atoms with Gasteiger partial charge in [-0.25, -0.2) is 14.0 Å². The van der Waals surface area contributed by atoms with Gasteiger partial charge in [0.1, 0.15) is 12.3 Å². The number of alkyl carbamates (subject to hydrolysis) is 1. The van der Waals surface area contributed by atoms with E-state index in [1.54, 1.807) is 26.2 Å². The topological polar surface area (TPSA) is 105 Å². The zero-order valence-corrected chi connectivity index (χ0v) is 25.1. The summed E-state index contributed by atoms with van der Waals surface area (Å²) in [6, 6.07) is 18.3. The average molecular weight is 608 g/mol. The molecule has 43 heavy (non-hydrogen) atoms. The zero-order chi connectivity index (χ0) is 30.8. The van der Waals surface area contributed by atoms with Gasteiger partial charge in [-0.2, -0.15) is 0 Å². The number of thioether (sulfide) groups is 1. The molecule has 0 bridgehead atoms. The van der Waals surface area contributed by atoms with Gasteiger partial charge >= 0.3 is 12.1 Å². The third-order valence-electron chi connectivity index (χ3n) is 7.34. The average Bonchev–Trinajstić information content (AvgIpc) is 3.30. The Balaban J connectivity index is 1.62. The molecule has 1 N–H and O–H groups in total. The van der Waals surface area contributed by atoms with Crippen LogP contribution in [0.25, 0.3) is 0 Å². The molecule has 3 amide bonds. The molecule has 2 atom stereocenters. The zero-order valence-electron chi connectivity index (χ0n) is 24.2. The van der Waals surface area contributed by atoms with Gasteiger partial charge in [0, 0.05) is 24.2 Å². The molecule has 11 heteroatoms. The first kappa shape index (κ1) is 30.3. The molecule has 5 rings (SSSR count). The highest BCUT2D eigenvalue weighted by molar-refractivity contribution is 8.02. The minimum absolute atomic E-state index is 0.0458. The number of likely N-dealkylation sites (tertiary alicyclic amines) is 1. The molecule has 0 aromatic heterocycles. The molecule has 9 nitrogen and oxygen atoms in total. The van der Waals surface area contributed by atoms with Gasteiger partial charge in [-0.1, -0.05) is 60.7 Å². The number of halogens is 1. The van der Waals surface area contributed by atoms with E-state index < -0.39 is 41.5 Å². The second kappa shape index (κ2) is 12.2. The first-order valence-corrected chi connectivity index (χ1v) is 15.0. The van der Waals surface area contributed by atoms with Gasteiger partial charge in [0.25, 0.3) is 0 Å². The Hall–Kier alpha value is -4.12. The van der Waals surface area contributed by atoms with E-state index in [1.165, 1.54) is 27.6 Å². The van der Waals surface area contributed by atoms with Gasteiger partial charge in [0.2, 0.25) is 17.5 Å². The molecule has 226 valence electrons. The maximum absolute atomic E-state index is 14.6. The van der Waals surface area contributed by atoms with E-state index in [1.807, 2.05) is 60.7 Å². The number of β-lactam (4-membered cyclic amide) rings is 1. The van der Waals surface area contributed by atoms with E-state index in [4.69, 9.17) is 9.47 Å². The molecule has 3 heterocycles. The van der Waals surface area contributed by atoms with E-state index in [0.717, 1.165) is 0 Å². The number of nitrogens with zero attached hydrogens (tertiary/aromatic N) is 2. The number of benzene rings is 2. The standard InChI is InChI=1S/C32H34FN3O6S/c1-31(2,3)42-30(40)34-32(29(39)41-27(21-10-6-4-7-11-21)22-12-8-5-9-13-22)24(20-43-26-19-25(37)36(26)32)18-23-14-16-35(17-15-33)28(23)38/h4-13,18,20,26-27H,14-17,19H2,1-3H3,(H,34,40). The largest absolute Gasteiger partial charge is 0.449 e. The number of carbonyl (C=O) groups excluding carboxylic acids is 4. The normalized spacial score (nSPS) is 22.7. The van der Waals surface area contributed by atoms with E-state index in [0.29, 0.717) is 29.7 Å². The summed E-state index contributed by atoms with van der Waals surface area (Å²) in [7, 11) is 0. The molecule has 2 aromatic carbocycles. The maximum atomic E-state index is 14.6. The van der Waals surface area contributed by atoms with Gasteiger partial charge in [0.05, 0.1) is 11.8 Å². The number of hydrogen-bond acceptors (Lipinski definition) is 7. The Bertz CT molecular complexity index is 1420. The lowest BCUT2D eigenvalue weighted by molar-refractivity contribution is -0.174. The van der Waals surface area contributed by atoms with E-state index in [2.05, 4.69) is 5.32 Å². The summed E-state index contributed by atoms with van der Waals surface area (Å²) >= 11 is 1.31. The van der Waals surface area contributed by atoms with Gasteiger partial charge < -0.3 is 14.4 Å². The van der Waals surface area contributed by atoms with Crippen LogP contribution in [0, 0.1) is 0 Å². The van der Waals surface area contributed by atoms with Crippen molar-refractivity contribution < 1.29 is 33.0 Å². The van der Waals surface area contributed by atoms with Crippen LogP contribution in [0.4, 0.5) is 9.18 Å². The van der Waals surface area contributed by atoms with Crippen LogP contribution in [-0.4, -0.2) is 70.1 Å². The van der Waals surface area contributed by atoms with Crippen LogP contribution in [0.15, 0.2) is 83.3 Å². The number of ether oxygens (including phenoxy) is 2. The van der Waals surface area contributed by atoms with Crippen molar-refractivity contribution in [3.63, 3.8) is 0 Å². The second-order valence-corrected chi connectivity index (χ2v) is 12.5. The molecule has 2 fully saturated rings. The highest BCUT2D eigenvalue weighted by Crippen LogP contribution is 2.47. The molecule has 0 radical (unpaired) electrons. The third-order valence-corrected chi connectivity index (χ3v) is 8.42. The molecular formula is C32H34FN3O6S. The molecule has 3 aliphatic heterocycles. The number of alkyl halides is 1. The van der Waals surface area contributed by atoms with Crippen LogP contribution in [0.2, 0.25) is 0 Å². The molecule has 3 aliphatic rings. The highest BCUT2D eigenvalue weighted by Gasteiger charge is 2.61. The predicted molar refractivity (Wildman–Crippen MR) is 159 cm³/mol. The molecule has 0 spiro atoms. The van der Waals surface area contributed by atoms with Crippen LogP contribution >= 0.6 is 11.8 Å². The summed E-state index contributed by atoms with van der Waals surface area (Å²) in [5.41, 5.74) is -1.16. The van der Waals surface area contributed by atoms with Crippen LogP contribution in [-0.2, 0) is 23.9 Å². The quantitative estimate of drug-likeness (QED) is 0.260. The summed E-state index contributed by atoms with van der Waals surface area (Å²) in [6.07, 6.45) is 0.158. The van der Waals surface area contributed by atoms with Crippen molar-refractivity contribution in [2.45, 2.75) is 56.4 Å². The smallest absolute Gasteiger partial charge is 0.410 e. The fraction of sp³-hybridized carbons (Fsp3) is 0.375. The number of nitrogens with one attached hydrogen (secondary N) is 1.